The van der Waals surface area contributed by atoms with Crippen molar-refractivity contribution in [1.29, 1.82) is 0 Å². The number of hydrogen-bond donors (Lipinski definition) is 2. The van der Waals surface area contributed by atoms with Crippen LogP contribution in [0.5, 0.6) is 0 Å². The first-order chi connectivity index (χ1) is 7.00. The molecule has 3 N–H and O–H groups in total. The summed E-state index contributed by atoms with van der Waals surface area (Å²) in [6.07, 6.45) is 0. The minimum absolute atomic E-state index is 0.0409. The van der Waals surface area contributed by atoms with Crippen LogP contribution in [0, 0.1) is 0 Å². The van der Waals surface area contributed by atoms with Crippen molar-refractivity contribution in [1.82, 2.24) is 0 Å². The molecule has 1 aromatic carbocycles. The van der Waals surface area contributed by atoms with E-state index in [9.17, 15) is 4.79 Å². The second kappa shape index (κ2) is 4.84. The average Bonchev–Trinajstić information content (AvgIpc) is 2.14. The Morgan fingerprint density at radius 2 is 2.27 bits per heavy atom. The Hall–Kier alpha value is -1.48. The minimum Gasteiger partial charge on any atom is -0.398 e. The van der Waals surface area contributed by atoms with Gasteiger partial charge in [0.05, 0.1) is 6.54 Å². The first-order valence-electron chi connectivity index (χ1n) is 4.48. The van der Waals surface area contributed by atoms with E-state index in [1.165, 1.54) is 6.92 Å². The Kier molecular flexibility index (Phi) is 3.74. The molecule has 4 heteroatoms. The molecular weight excluding hydrogens is 212 g/mol. The van der Waals surface area contributed by atoms with Crippen molar-refractivity contribution in [2.75, 3.05) is 17.6 Å². The summed E-state index contributed by atoms with van der Waals surface area (Å²) in [7, 11) is 0. The zero-order valence-electron chi connectivity index (χ0n) is 8.51. The molecule has 0 saturated heterocycles. The van der Waals surface area contributed by atoms with E-state index in [4.69, 9.17) is 17.3 Å². The first kappa shape index (κ1) is 11.6. The van der Waals surface area contributed by atoms with Crippen molar-refractivity contribution >= 4 is 28.8 Å². The van der Waals surface area contributed by atoms with Gasteiger partial charge in [-0.05, 0) is 25.1 Å². The van der Waals surface area contributed by atoms with Crippen LogP contribution in [0.4, 0.5) is 11.4 Å². The van der Waals surface area contributed by atoms with Gasteiger partial charge in [-0.2, -0.15) is 0 Å². The van der Waals surface area contributed by atoms with Gasteiger partial charge >= 0.3 is 0 Å². The number of benzene rings is 1. The van der Waals surface area contributed by atoms with Crippen LogP contribution in [-0.2, 0) is 0 Å². The molecule has 1 rings (SSSR count). The van der Waals surface area contributed by atoms with Gasteiger partial charge in [-0.15, -0.1) is 0 Å². The third-order valence-corrected chi connectivity index (χ3v) is 2.05. The molecule has 0 aliphatic heterocycles. The minimum atomic E-state index is -0.0409. The maximum absolute atomic E-state index is 11.1. The predicted molar refractivity (Wildman–Crippen MR) is 64.3 cm³/mol. The molecule has 0 aliphatic carbocycles. The zero-order chi connectivity index (χ0) is 11.4. The highest BCUT2D eigenvalue weighted by molar-refractivity contribution is 6.29. The monoisotopic (exact) mass is 224 g/mol. The van der Waals surface area contributed by atoms with Crippen LogP contribution >= 0.6 is 11.6 Å². The maximum atomic E-state index is 11.1. The number of anilines is 2. The van der Waals surface area contributed by atoms with Crippen LogP contribution in [0.1, 0.15) is 17.3 Å². The third-order valence-electron chi connectivity index (χ3n) is 1.92. The Balaban J connectivity index is 2.82. The van der Waals surface area contributed by atoms with Crippen LogP contribution in [0.2, 0.25) is 0 Å². The first-order valence-corrected chi connectivity index (χ1v) is 4.86. The lowest BCUT2D eigenvalue weighted by Crippen LogP contribution is -2.04. The van der Waals surface area contributed by atoms with Crippen molar-refractivity contribution in [3.05, 3.63) is 35.4 Å². The number of carbonyl (C=O) groups is 1. The van der Waals surface area contributed by atoms with Crippen LogP contribution in [0.15, 0.2) is 29.8 Å². The van der Waals surface area contributed by atoms with E-state index >= 15 is 0 Å². The Bertz CT molecular complexity index is 402. The summed E-state index contributed by atoms with van der Waals surface area (Å²) < 4.78 is 0. The second-order valence-corrected chi connectivity index (χ2v) is 3.76. The van der Waals surface area contributed by atoms with E-state index in [0.29, 0.717) is 22.8 Å². The fourth-order valence-electron chi connectivity index (χ4n) is 1.19. The lowest BCUT2D eigenvalue weighted by Gasteiger charge is -2.08. The number of nitrogens with one attached hydrogen (secondary N) is 1. The molecule has 0 amide bonds. The van der Waals surface area contributed by atoms with Gasteiger partial charge < -0.3 is 11.1 Å². The molecule has 0 aliphatic rings. The smallest absolute Gasteiger partial charge is 0.161 e. The molecule has 3 nitrogen and oxygen atoms in total. The standard InChI is InChI=1S/C11H13ClN2O/c1-7(12)6-14-9-3-4-10(8(2)15)11(13)5-9/h3-5,14H,1,6,13H2,2H3. The Morgan fingerprint density at radius 3 is 2.73 bits per heavy atom. The van der Waals surface area contributed by atoms with Crippen LogP contribution in [-0.4, -0.2) is 12.3 Å². The van der Waals surface area contributed by atoms with E-state index < -0.39 is 0 Å². The van der Waals surface area contributed by atoms with Gasteiger partial charge in [-0.1, -0.05) is 18.2 Å². The third kappa shape index (κ3) is 3.29. The van der Waals surface area contributed by atoms with Gasteiger partial charge in [0.1, 0.15) is 0 Å². The molecule has 0 fully saturated rings. The van der Waals surface area contributed by atoms with Crippen LogP contribution < -0.4 is 11.1 Å². The molecule has 0 saturated carbocycles. The molecule has 0 bridgehead atoms. The molecule has 80 valence electrons. The molecule has 0 heterocycles. The predicted octanol–water partition coefficient (Wildman–Crippen LogP) is 2.64. The molecule has 0 radical (unpaired) electrons. The lowest BCUT2D eigenvalue weighted by molar-refractivity contribution is 0.101. The Labute approximate surface area is 93.9 Å². The highest BCUT2D eigenvalue weighted by Crippen LogP contribution is 2.18. The van der Waals surface area contributed by atoms with Gasteiger partial charge in [0.25, 0.3) is 0 Å². The summed E-state index contributed by atoms with van der Waals surface area (Å²) in [4.78, 5) is 11.1. The summed E-state index contributed by atoms with van der Waals surface area (Å²) in [6.45, 7) is 5.51. The quantitative estimate of drug-likeness (QED) is 0.611. The molecule has 0 unspecified atom stereocenters. The van der Waals surface area contributed by atoms with Gasteiger partial charge in [0.15, 0.2) is 5.78 Å². The average molecular weight is 225 g/mol. The largest absolute Gasteiger partial charge is 0.398 e. The van der Waals surface area contributed by atoms with Gasteiger partial charge in [-0.3, -0.25) is 4.79 Å². The van der Waals surface area contributed by atoms with Crippen molar-refractivity contribution < 1.29 is 4.79 Å². The molecule has 0 aromatic heterocycles. The summed E-state index contributed by atoms with van der Waals surface area (Å²) in [6, 6.07) is 5.18. The molecule has 0 atom stereocenters. The number of rotatable bonds is 4. The lowest BCUT2D eigenvalue weighted by atomic mass is 10.1. The van der Waals surface area contributed by atoms with E-state index in [2.05, 4.69) is 11.9 Å². The number of halogens is 1. The van der Waals surface area contributed by atoms with Gasteiger partial charge in [0, 0.05) is 22.0 Å². The highest BCUT2D eigenvalue weighted by atomic mass is 35.5. The molecule has 1 aromatic rings. The van der Waals surface area contributed by atoms with Crippen molar-refractivity contribution in [3.63, 3.8) is 0 Å². The van der Waals surface area contributed by atoms with Crippen molar-refractivity contribution in [2.24, 2.45) is 0 Å². The number of Topliss-reactive ketones (excluding diaryl/α,β-unsaturated/α-hetero) is 1. The fraction of sp³-hybridized carbons (Fsp3) is 0.182. The summed E-state index contributed by atoms with van der Waals surface area (Å²) in [5.74, 6) is -0.0409. The van der Waals surface area contributed by atoms with Crippen LogP contribution in [0.25, 0.3) is 0 Å². The van der Waals surface area contributed by atoms with Crippen molar-refractivity contribution in [3.8, 4) is 0 Å². The molecule has 0 spiro atoms. The van der Waals surface area contributed by atoms with E-state index in [1.807, 2.05) is 0 Å². The zero-order valence-corrected chi connectivity index (χ0v) is 9.27. The maximum Gasteiger partial charge on any atom is 0.161 e. The molecular formula is C11H13ClN2O. The summed E-state index contributed by atoms with van der Waals surface area (Å²) >= 11 is 5.61. The van der Waals surface area contributed by atoms with E-state index in [1.54, 1.807) is 18.2 Å². The summed E-state index contributed by atoms with van der Waals surface area (Å²) in [5, 5.41) is 3.55. The van der Waals surface area contributed by atoms with Crippen LogP contribution in [0.3, 0.4) is 0 Å². The highest BCUT2D eigenvalue weighted by Gasteiger charge is 2.04. The fourth-order valence-corrected chi connectivity index (χ4v) is 1.26. The number of nitrogen functional groups attached to an aromatic ring is 1. The summed E-state index contributed by atoms with van der Waals surface area (Å²) in [5.41, 5.74) is 7.53. The number of nitrogens with two attached hydrogens (primary N) is 1. The second-order valence-electron chi connectivity index (χ2n) is 3.23. The number of hydrogen-bond acceptors (Lipinski definition) is 3. The SMILES string of the molecule is C=C(Cl)CNc1ccc(C(C)=O)c(N)c1. The number of carbonyl (C=O) groups excluding carboxylic acids is 1. The number of ketones is 1. The van der Waals surface area contributed by atoms with E-state index in [0.717, 1.165) is 5.69 Å². The van der Waals surface area contributed by atoms with Gasteiger partial charge in [0.2, 0.25) is 0 Å². The van der Waals surface area contributed by atoms with Gasteiger partial charge in [-0.25, -0.2) is 0 Å². The topological polar surface area (TPSA) is 55.1 Å². The van der Waals surface area contributed by atoms with E-state index in [-0.39, 0.29) is 5.78 Å². The normalized spacial score (nSPS) is 9.73. The molecule has 15 heavy (non-hydrogen) atoms. The Morgan fingerprint density at radius 1 is 1.60 bits per heavy atom. The van der Waals surface area contributed by atoms with Crippen molar-refractivity contribution in [2.45, 2.75) is 6.92 Å².